The number of hydrogen-bond acceptors (Lipinski definition) is 5. The fourth-order valence-corrected chi connectivity index (χ4v) is 3.24. The Hall–Kier alpha value is -3.93. The van der Waals surface area contributed by atoms with E-state index in [1.807, 2.05) is 67.1 Å². The molecule has 0 aliphatic heterocycles. The van der Waals surface area contributed by atoms with Crippen LogP contribution >= 0.6 is 0 Å². The highest BCUT2D eigenvalue weighted by molar-refractivity contribution is 5.99. The zero-order chi connectivity index (χ0) is 21.1. The van der Waals surface area contributed by atoms with Crippen molar-refractivity contribution >= 4 is 28.8 Å². The van der Waals surface area contributed by atoms with E-state index in [-0.39, 0.29) is 12.4 Å². The number of fused-ring (bicyclic) bond motifs is 1. The van der Waals surface area contributed by atoms with Gasteiger partial charge in [0, 0.05) is 22.7 Å². The van der Waals surface area contributed by atoms with Crippen LogP contribution in [-0.2, 0) is 9.53 Å². The standard InChI is InChI=1S/C24H20N2O4/c1-16-20(17(2)26(25-16)19-9-4-3-5-10-19)12-13-24(28)29-15-21(27)23-14-18-8-6-7-11-22(18)30-23/h3-14H,15H2,1-2H3/b13-12+. The molecule has 0 aliphatic rings. The molecule has 0 amide bonds. The van der Waals surface area contributed by atoms with E-state index in [1.165, 1.54) is 6.08 Å². The summed E-state index contributed by atoms with van der Waals surface area (Å²) in [6, 6.07) is 18.7. The molecule has 0 radical (unpaired) electrons. The lowest BCUT2D eigenvalue weighted by atomic mass is 10.2. The van der Waals surface area contributed by atoms with E-state index in [9.17, 15) is 9.59 Å². The molecule has 0 aliphatic carbocycles. The Labute approximate surface area is 173 Å². The third kappa shape index (κ3) is 3.93. The van der Waals surface area contributed by atoms with Gasteiger partial charge in [0.25, 0.3) is 0 Å². The van der Waals surface area contributed by atoms with Crippen LogP contribution in [0.1, 0.15) is 27.5 Å². The van der Waals surface area contributed by atoms with Crippen molar-refractivity contribution in [2.45, 2.75) is 13.8 Å². The van der Waals surface area contributed by atoms with Crippen LogP contribution in [0.2, 0.25) is 0 Å². The van der Waals surface area contributed by atoms with Crippen molar-refractivity contribution < 1.29 is 18.7 Å². The minimum absolute atomic E-state index is 0.170. The van der Waals surface area contributed by atoms with Crippen LogP contribution in [0.25, 0.3) is 22.7 Å². The highest BCUT2D eigenvalue weighted by Crippen LogP contribution is 2.20. The number of furan rings is 1. The topological polar surface area (TPSA) is 74.3 Å². The van der Waals surface area contributed by atoms with Gasteiger partial charge in [-0.25, -0.2) is 9.48 Å². The summed E-state index contributed by atoms with van der Waals surface area (Å²) in [5, 5.41) is 5.37. The second-order valence-electron chi connectivity index (χ2n) is 6.84. The summed E-state index contributed by atoms with van der Waals surface area (Å²) in [4.78, 5) is 24.4. The van der Waals surface area contributed by atoms with E-state index >= 15 is 0 Å². The molecule has 4 rings (SSSR count). The molecule has 0 N–H and O–H groups in total. The Morgan fingerprint density at radius 1 is 1.07 bits per heavy atom. The number of para-hydroxylation sites is 2. The van der Waals surface area contributed by atoms with Gasteiger partial charge in [-0.05, 0) is 44.2 Å². The summed E-state index contributed by atoms with van der Waals surface area (Å²) in [6.45, 7) is 3.43. The zero-order valence-electron chi connectivity index (χ0n) is 16.7. The number of hydrogen-bond donors (Lipinski definition) is 0. The summed E-state index contributed by atoms with van der Waals surface area (Å²) in [6.07, 6.45) is 2.96. The molecule has 0 bridgehead atoms. The highest BCUT2D eigenvalue weighted by Gasteiger charge is 2.15. The van der Waals surface area contributed by atoms with E-state index < -0.39 is 11.8 Å². The quantitative estimate of drug-likeness (QED) is 0.267. The van der Waals surface area contributed by atoms with Gasteiger partial charge in [0.05, 0.1) is 11.4 Å². The molecule has 0 unspecified atom stereocenters. The molecule has 0 fully saturated rings. The molecule has 4 aromatic rings. The van der Waals surface area contributed by atoms with Crippen LogP contribution in [0.3, 0.4) is 0 Å². The second-order valence-corrected chi connectivity index (χ2v) is 6.84. The number of aryl methyl sites for hydroxylation is 1. The average Bonchev–Trinajstić information content (AvgIpc) is 3.32. The van der Waals surface area contributed by atoms with E-state index in [2.05, 4.69) is 5.10 Å². The van der Waals surface area contributed by atoms with Crippen LogP contribution in [0, 0.1) is 13.8 Å². The zero-order valence-corrected chi connectivity index (χ0v) is 16.7. The molecule has 6 heteroatoms. The molecule has 0 atom stereocenters. The number of nitrogens with zero attached hydrogens (tertiary/aromatic N) is 2. The van der Waals surface area contributed by atoms with Crippen molar-refractivity contribution in [3.05, 3.63) is 89.5 Å². The SMILES string of the molecule is Cc1nn(-c2ccccc2)c(C)c1/C=C/C(=O)OCC(=O)c1cc2ccccc2o1. The number of esters is 1. The number of ketones is 1. The highest BCUT2D eigenvalue weighted by atomic mass is 16.5. The van der Waals surface area contributed by atoms with Gasteiger partial charge >= 0.3 is 5.97 Å². The van der Waals surface area contributed by atoms with Gasteiger partial charge < -0.3 is 9.15 Å². The Bertz CT molecular complexity index is 1220. The lowest BCUT2D eigenvalue weighted by Crippen LogP contribution is -2.11. The number of carbonyl (C=O) groups excluding carboxylic acids is 2. The first-order valence-corrected chi connectivity index (χ1v) is 9.51. The summed E-state index contributed by atoms with van der Waals surface area (Å²) in [5.74, 6) is -0.827. The average molecular weight is 400 g/mol. The number of carbonyl (C=O) groups is 2. The summed E-state index contributed by atoms with van der Waals surface area (Å²) in [5.41, 5.74) is 4.09. The van der Waals surface area contributed by atoms with Gasteiger partial charge in [0.2, 0.25) is 5.78 Å². The number of ether oxygens (including phenoxy) is 1. The summed E-state index contributed by atoms with van der Waals surface area (Å²) in [7, 11) is 0. The maximum atomic E-state index is 12.3. The van der Waals surface area contributed by atoms with Gasteiger partial charge in [-0.1, -0.05) is 36.4 Å². The largest absolute Gasteiger partial charge is 0.454 e. The lowest BCUT2D eigenvalue weighted by molar-refractivity contribution is -0.136. The van der Waals surface area contributed by atoms with E-state index in [1.54, 1.807) is 18.2 Å². The molecule has 0 spiro atoms. The van der Waals surface area contributed by atoms with Crippen molar-refractivity contribution in [1.29, 1.82) is 0 Å². The monoisotopic (exact) mass is 400 g/mol. The smallest absolute Gasteiger partial charge is 0.331 e. The third-order valence-electron chi connectivity index (χ3n) is 4.78. The van der Waals surface area contributed by atoms with Crippen LogP contribution in [0.5, 0.6) is 0 Å². The van der Waals surface area contributed by atoms with Gasteiger partial charge in [-0.2, -0.15) is 5.10 Å². The van der Waals surface area contributed by atoms with E-state index in [0.29, 0.717) is 5.58 Å². The number of aromatic nitrogens is 2. The van der Waals surface area contributed by atoms with Gasteiger partial charge in [-0.3, -0.25) is 4.79 Å². The first-order chi connectivity index (χ1) is 14.5. The predicted octanol–water partition coefficient (Wildman–Crippen LogP) is 4.67. The maximum Gasteiger partial charge on any atom is 0.331 e. The fraction of sp³-hybridized carbons (Fsp3) is 0.125. The first-order valence-electron chi connectivity index (χ1n) is 9.51. The molecular formula is C24H20N2O4. The van der Waals surface area contributed by atoms with Crippen molar-refractivity contribution in [3.8, 4) is 5.69 Å². The molecular weight excluding hydrogens is 380 g/mol. The number of rotatable bonds is 6. The molecule has 6 nitrogen and oxygen atoms in total. The van der Waals surface area contributed by atoms with Gasteiger partial charge in [-0.15, -0.1) is 0 Å². The first kappa shape index (κ1) is 19.4. The minimum Gasteiger partial charge on any atom is -0.454 e. The third-order valence-corrected chi connectivity index (χ3v) is 4.78. The Balaban J connectivity index is 1.41. The molecule has 2 aromatic carbocycles. The summed E-state index contributed by atoms with van der Waals surface area (Å²) < 4.78 is 12.4. The van der Waals surface area contributed by atoms with Crippen LogP contribution < -0.4 is 0 Å². The van der Waals surface area contributed by atoms with Crippen LogP contribution in [-0.4, -0.2) is 28.1 Å². The normalized spacial score (nSPS) is 11.3. The Kier molecular flexibility index (Phi) is 5.30. The lowest BCUT2D eigenvalue weighted by Gasteiger charge is -2.03. The van der Waals surface area contributed by atoms with Crippen molar-refractivity contribution in [2.75, 3.05) is 6.61 Å². The maximum absolute atomic E-state index is 12.3. The van der Waals surface area contributed by atoms with Gasteiger partial charge in [0.1, 0.15) is 5.58 Å². The number of Topliss-reactive ketones (excluding diaryl/α,β-unsaturated/α-hetero) is 1. The molecule has 0 saturated carbocycles. The van der Waals surface area contributed by atoms with E-state index in [0.717, 1.165) is 28.0 Å². The number of benzene rings is 2. The Morgan fingerprint density at radius 3 is 2.57 bits per heavy atom. The van der Waals surface area contributed by atoms with Crippen LogP contribution in [0.4, 0.5) is 0 Å². The molecule has 2 heterocycles. The Morgan fingerprint density at radius 2 is 1.80 bits per heavy atom. The van der Waals surface area contributed by atoms with Crippen molar-refractivity contribution in [1.82, 2.24) is 9.78 Å². The fourth-order valence-electron chi connectivity index (χ4n) is 3.24. The minimum atomic E-state index is -0.606. The molecule has 30 heavy (non-hydrogen) atoms. The van der Waals surface area contributed by atoms with Crippen molar-refractivity contribution in [3.63, 3.8) is 0 Å². The molecule has 0 saturated heterocycles. The van der Waals surface area contributed by atoms with Crippen molar-refractivity contribution in [2.24, 2.45) is 0 Å². The summed E-state index contributed by atoms with van der Waals surface area (Å²) >= 11 is 0. The van der Waals surface area contributed by atoms with Gasteiger partial charge in [0.15, 0.2) is 12.4 Å². The van der Waals surface area contributed by atoms with Crippen LogP contribution in [0.15, 0.2) is 71.2 Å². The van der Waals surface area contributed by atoms with E-state index in [4.69, 9.17) is 9.15 Å². The second kappa shape index (κ2) is 8.21. The molecule has 150 valence electrons. The molecule has 2 aromatic heterocycles. The predicted molar refractivity (Wildman–Crippen MR) is 114 cm³/mol.